The Labute approximate surface area is 84.0 Å². The fraction of sp³-hybridized carbons (Fsp3) is 0.333. The van der Waals surface area contributed by atoms with Gasteiger partial charge in [-0.3, -0.25) is 0 Å². The lowest BCUT2D eigenvalue weighted by atomic mass is 9.96. The van der Waals surface area contributed by atoms with Crippen molar-refractivity contribution in [2.45, 2.75) is 26.7 Å². The number of hydrogen-bond acceptors (Lipinski definition) is 2. The third-order valence-corrected chi connectivity index (χ3v) is 2.51. The minimum Gasteiger partial charge on any atom is -0.244 e. The standard InChI is InChI=1S/C12H14N2/c1-8(2)11-5-12-10(4-9(11)3)6-13-7-14-12/h4-8H,1-3H3. The van der Waals surface area contributed by atoms with Gasteiger partial charge in [0, 0.05) is 11.6 Å². The Morgan fingerprint density at radius 1 is 1.21 bits per heavy atom. The lowest BCUT2D eigenvalue weighted by molar-refractivity contribution is 0.858. The molecular formula is C12H14N2. The van der Waals surface area contributed by atoms with Crippen LogP contribution in [0, 0.1) is 6.92 Å². The average molecular weight is 186 g/mol. The molecule has 2 heteroatoms. The molecule has 0 atom stereocenters. The Morgan fingerprint density at radius 2 is 2.00 bits per heavy atom. The minimum absolute atomic E-state index is 0.550. The molecule has 0 radical (unpaired) electrons. The summed E-state index contributed by atoms with van der Waals surface area (Å²) in [5, 5.41) is 1.12. The van der Waals surface area contributed by atoms with E-state index in [0.29, 0.717) is 5.92 Å². The highest BCUT2D eigenvalue weighted by molar-refractivity contribution is 5.79. The monoisotopic (exact) mass is 186 g/mol. The third-order valence-electron chi connectivity index (χ3n) is 2.51. The van der Waals surface area contributed by atoms with E-state index in [9.17, 15) is 0 Å². The molecule has 1 aromatic carbocycles. The number of nitrogens with zero attached hydrogens (tertiary/aromatic N) is 2. The number of benzene rings is 1. The second kappa shape index (κ2) is 3.37. The van der Waals surface area contributed by atoms with E-state index in [1.54, 1.807) is 6.33 Å². The first-order chi connectivity index (χ1) is 6.68. The summed E-state index contributed by atoms with van der Waals surface area (Å²) < 4.78 is 0. The van der Waals surface area contributed by atoms with Gasteiger partial charge in [0.2, 0.25) is 0 Å². The molecule has 1 aromatic heterocycles. The third kappa shape index (κ3) is 1.48. The summed E-state index contributed by atoms with van der Waals surface area (Å²) in [6.45, 7) is 6.55. The molecular weight excluding hydrogens is 172 g/mol. The molecule has 2 aromatic rings. The highest BCUT2D eigenvalue weighted by Gasteiger charge is 2.05. The van der Waals surface area contributed by atoms with Crippen LogP contribution in [0.4, 0.5) is 0 Å². The number of aromatic nitrogens is 2. The van der Waals surface area contributed by atoms with Crippen LogP contribution >= 0.6 is 0 Å². The molecule has 0 fully saturated rings. The van der Waals surface area contributed by atoms with E-state index in [0.717, 1.165) is 10.9 Å². The summed E-state index contributed by atoms with van der Waals surface area (Å²) >= 11 is 0. The van der Waals surface area contributed by atoms with Gasteiger partial charge in [0.25, 0.3) is 0 Å². The second-order valence-electron chi connectivity index (χ2n) is 3.95. The van der Waals surface area contributed by atoms with Crippen molar-refractivity contribution < 1.29 is 0 Å². The molecule has 2 rings (SSSR count). The average Bonchev–Trinajstić information content (AvgIpc) is 2.16. The van der Waals surface area contributed by atoms with E-state index in [4.69, 9.17) is 0 Å². The molecule has 72 valence electrons. The van der Waals surface area contributed by atoms with Gasteiger partial charge in [-0.15, -0.1) is 0 Å². The van der Waals surface area contributed by atoms with Gasteiger partial charge < -0.3 is 0 Å². The maximum Gasteiger partial charge on any atom is 0.116 e. The molecule has 0 aliphatic rings. The van der Waals surface area contributed by atoms with Gasteiger partial charge in [-0.1, -0.05) is 13.8 Å². The van der Waals surface area contributed by atoms with Gasteiger partial charge in [0.15, 0.2) is 0 Å². The summed E-state index contributed by atoms with van der Waals surface area (Å²) in [4.78, 5) is 8.27. The Morgan fingerprint density at radius 3 is 2.71 bits per heavy atom. The van der Waals surface area contributed by atoms with E-state index in [2.05, 4.69) is 42.9 Å². The predicted octanol–water partition coefficient (Wildman–Crippen LogP) is 3.06. The highest BCUT2D eigenvalue weighted by Crippen LogP contribution is 2.23. The highest BCUT2D eigenvalue weighted by atomic mass is 14.8. The number of hydrogen-bond donors (Lipinski definition) is 0. The zero-order valence-electron chi connectivity index (χ0n) is 8.78. The molecule has 0 amide bonds. The summed E-state index contributed by atoms with van der Waals surface area (Å²) in [6, 6.07) is 4.32. The Hall–Kier alpha value is -1.44. The summed E-state index contributed by atoms with van der Waals surface area (Å²) in [5.41, 5.74) is 3.73. The smallest absolute Gasteiger partial charge is 0.116 e. The first-order valence-electron chi connectivity index (χ1n) is 4.88. The first kappa shape index (κ1) is 9.13. The molecule has 0 N–H and O–H groups in total. The lowest BCUT2D eigenvalue weighted by Crippen LogP contribution is -1.93. The summed E-state index contributed by atoms with van der Waals surface area (Å²) in [5.74, 6) is 0.550. The van der Waals surface area contributed by atoms with Crippen LogP contribution in [-0.2, 0) is 0 Å². The van der Waals surface area contributed by atoms with Crippen LogP contribution in [-0.4, -0.2) is 9.97 Å². The molecule has 0 unspecified atom stereocenters. The normalized spacial score (nSPS) is 11.1. The van der Waals surface area contributed by atoms with Gasteiger partial charge in [0.1, 0.15) is 6.33 Å². The van der Waals surface area contributed by atoms with Crippen LogP contribution in [0.25, 0.3) is 10.9 Å². The Bertz CT molecular complexity index is 461. The fourth-order valence-electron chi connectivity index (χ4n) is 1.78. The fourth-order valence-corrected chi connectivity index (χ4v) is 1.78. The maximum atomic E-state index is 4.25. The Balaban J connectivity index is 2.71. The zero-order chi connectivity index (χ0) is 10.1. The lowest BCUT2D eigenvalue weighted by Gasteiger charge is -2.10. The van der Waals surface area contributed by atoms with Crippen molar-refractivity contribution in [2.75, 3.05) is 0 Å². The van der Waals surface area contributed by atoms with Crippen LogP contribution in [0.3, 0.4) is 0 Å². The van der Waals surface area contributed by atoms with Crippen molar-refractivity contribution in [2.24, 2.45) is 0 Å². The van der Waals surface area contributed by atoms with Crippen LogP contribution < -0.4 is 0 Å². The van der Waals surface area contributed by atoms with Gasteiger partial charge in [-0.2, -0.15) is 0 Å². The van der Waals surface area contributed by atoms with Crippen molar-refractivity contribution in [3.8, 4) is 0 Å². The number of aryl methyl sites for hydroxylation is 1. The van der Waals surface area contributed by atoms with Crippen LogP contribution in [0.1, 0.15) is 30.9 Å². The second-order valence-corrected chi connectivity index (χ2v) is 3.95. The van der Waals surface area contributed by atoms with Crippen molar-refractivity contribution in [1.29, 1.82) is 0 Å². The van der Waals surface area contributed by atoms with Crippen LogP contribution in [0.2, 0.25) is 0 Å². The van der Waals surface area contributed by atoms with Gasteiger partial charge in [-0.25, -0.2) is 9.97 Å². The largest absolute Gasteiger partial charge is 0.244 e. The number of rotatable bonds is 1. The predicted molar refractivity (Wildman–Crippen MR) is 58.4 cm³/mol. The van der Waals surface area contributed by atoms with E-state index < -0.39 is 0 Å². The molecule has 1 heterocycles. The van der Waals surface area contributed by atoms with E-state index in [1.165, 1.54) is 11.1 Å². The quantitative estimate of drug-likeness (QED) is 0.684. The minimum atomic E-state index is 0.550. The Kier molecular flexibility index (Phi) is 2.20. The van der Waals surface area contributed by atoms with Crippen LogP contribution in [0.5, 0.6) is 0 Å². The molecule has 2 nitrogen and oxygen atoms in total. The van der Waals surface area contributed by atoms with Gasteiger partial charge in [0.05, 0.1) is 5.52 Å². The van der Waals surface area contributed by atoms with Gasteiger partial charge in [-0.05, 0) is 36.1 Å². The van der Waals surface area contributed by atoms with Crippen molar-refractivity contribution in [3.05, 3.63) is 35.8 Å². The summed E-state index contributed by atoms with van der Waals surface area (Å²) in [7, 11) is 0. The van der Waals surface area contributed by atoms with Crippen molar-refractivity contribution in [3.63, 3.8) is 0 Å². The zero-order valence-corrected chi connectivity index (χ0v) is 8.78. The van der Waals surface area contributed by atoms with Gasteiger partial charge >= 0.3 is 0 Å². The molecule has 0 aliphatic carbocycles. The first-order valence-corrected chi connectivity index (χ1v) is 4.88. The number of fused-ring (bicyclic) bond motifs is 1. The van der Waals surface area contributed by atoms with Crippen LogP contribution in [0.15, 0.2) is 24.7 Å². The molecule has 14 heavy (non-hydrogen) atoms. The molecule has 0 aliphatic heterocycles. The molecule has 0 saturated carbocycles. The molecule has 0 saturated heterocycles. The summed E-state index contributed by atoms with van der Waals surface area (Å²) in [6.07, 6.45) is 3.46. The molecule has 0 spiro atoms. The van der Waals surface area contributed by atoms with E-state index in [-0.39, 0.29) is 0 Å². The van der Waals surface area contributed by atoms with Crippen molar-refractivity contribution >= 4 is 10.9 Å². The van der Waals surface area contributed by atoms with E-state index in [1.807, 2.05) is 6.20 Å². The topological polar surface area (TPSA) is 25.8 Å². The van der Waals surface area contributed by atoms with E-state index >= 15 is 0 Å². The van der Waals surface area contributed by atoms with Crippen molar-refractivity contribution in [1.82, 2.24) is 9.97 Å². The maximum absolute atomic E-state index is 4.25. The SMILES string of the molecule is Cc1cc2cncnc2cc1C(C)C. The molecule has 0 bridgehead atoms.